The number of hydrogen-bond donors (Lipinski definition) is 2. The van der Waals surface area contributed by atoms with Crippen molar-refractivity contribution in [2.24, 2.45) is 0 Å². The molecule has 5 aromatic rings. The number of carbonyl (C=O) groups excluding carboxylic acids is 2. The summed E-state index contributed by atoms with van der Waals surface area (Å²) in [5.41, 5.74) is 6.54. The Morgan fingerprint density at radius 2 is 1.24 bits per heavy atom. The second-order valence-electron chi connectivity index (χ2n) is 13.9. The van der Waals surface area contributed by atoms with Crippen LogP contribution in [0.2, 0.25) is 10.0 Å². The summed E-state index contributed by atoms with van der Waals surface area (Å²) < 4.78 is 11.4. The lowest BCUT2D eigenvalue weighted by atomic mass is 9.98. The first-order valence-corrected chi connectivity index (χ1v) is 19.3. The average Bonchev–Trinajstić information content (AvgIpc) is 3.82. The van der Waals surface area contributed by atoms with Crippen molar-refractivity contribution in [2.75, 3.05) is 20.8 Å². The summed E-state index contributed by atoms with van der Waals surface area (Å²) >= 11 is 14.3. The van der Waals surface area contributed by atoms with Crippen molar-refractivity contribution < 1.29 is 19.1 Å². The van der Waals surface area contributed by atoms with Crippen LogP contribution in [0.15, 0.2) is 79.1 Å². The van der Waals surface area contributed by atoms with E-state index in [4.69, 9.17) is 52.6 Å². The summed E-state index contributed by atoms with van der Waals surface area (Å²) in [7, 11) is 3.17. The maximum atomic E-state index is 12.0. The zero-order valence-corrected chi connectivity index (χ0v) is 32.4. The van der Waals surface area contributed by atoms with E-state index in [1.807, 2.05) is 54.6 Å². The molecule has 4 heterocycles. The van der Waals surface area contributed by atoms with Crippen LogP contribution in [0.4, 0.5) is 0 Å². The third-order valence-electron chi connectivity index (χ3n) is 10.1. The van der Waals surface area contributed by atoms with Gasteiger partial charge >= 0.3 is 0 Å². The number of nitrogens with zero attached hydrogens (tertiary/aromatic N) is 5. The third kappa shape index (κ3) is 9.07. The molecule has 0 spiro atoms. The monoisotopic (exact) mass is 779 g/mol. The lowest BCUT2D eigenvalue weighted by Crippen LogP contribution is -2.38. The molecule has 2 saturated heterocycles. The number of amides is 2. The Balaban J connectivity index is 1.11. The van der Waals surface area contributed by atoms with Gasteiger partial charge in [0.2, 0.25) is 23.6 Å². The molecule has 0 unspecified atom stereocenters. The number of rotatable bonds is 15. The summed E-state index contributed by atoms with van der Waals surface area (Å²) in [6, 6.07) is 22.0. The van der Waals surface area contributed by atoms with E-state index in [0.29, 0.717) is 88.9 Å². The van der Waals surface area contributed by atoms with E-state index in [1.165, 1.54) is 0 Å². The Morgan fingerprint density at radius 3 is 1.80 bits per heavy atom. The lowest BCUT2D eigenvalue weighted by Gasteiger charge is -2.26. The van der Waals surface area contributed by atoms with Crippen molar-refractivity contribution >= 4 is 35.0 Å². The zero-order valence-electron chi connectivity index (χ0n) is 30.9. The number of methoxy groups -OCH3 is 2. The minimum Gasteiger partial charge on any atom is -0.480 e. The summed E-state index contributed by atoms with van der Waals surface area (Å²) in [5.74, 6) is 1.04. The molecular weight excluding hydrogens is 737 g/mol. The van der Waals surface area contributed by atoms with Crippen LogP contribution in [0, 0.1) is 0 Å². The smallest absolute Gasteiger partial charge is 0.237 e. The maximum Gasteiger partial charge on any atom is 0.237 e. The van der Waals surface area contributed by atoms with Crippen molar-refractivity contribution in [3.8, 4) is 45.4 Å². The van der Waals surface area contributed by atoms with Gasteiger partial charge in [0.25, 0.3) is 0 Å². The van der Waals surface area contributed by atoms with Crippen LogP contribution < -0.4 is 20.1 Å². The molecule has 13 heteroatoms. The maximum absolute atomic E-state index is 12.0. The predicted molar refractivity (Wildman–Crippen MR) is 213 cm³/mol. The molecule has 2 aliphatic rings. The van der Waals surface area contributed by atoms with Crippen LogP contribution in [-0.4, -0.2) is 69.5 Å². The highest BCUT2D eigenvalue weighted by Gasteiger charge is 2.25. The van der Waals surface area contributed by atoms with Gasteiger partial charge in [-0.05, 0) is 37.7 Å². The Kier molecular flexibility index (Phi) is 12.2. The first-order valence-electron chi connectivity index (χ1n) is 18.5. The molecule has 2 fully saturated rings. The number of nitrogens with one attached hydrogen (secondary N) is 2. The highest BCUT2D eigenvalue weighted by Crippen LogP contribution is 2.42. The normalized spacial score (nSPS) is 16.7. The minimum absolute atomic E-state index is 0.0681. The molecule has 3 aromatic carbocycles. The molecule has 284 valence electrons. The van der Waals surface area contributed by atoms with E-state index in [1.54, 1.807) is 26.6 Å². The van der Waals surface area contributed by atoms with Crippen LogP contribution in [0.1, 0.15) is 55.5 Å². The van der Waals surface area contributed by atoms with Gasteiger partial charge in [-0.1, -0.05) is 89.9 Å². The van der Waals surface area contributed by atoms with E-state index >= 15 is 0 Å². The van der Waals surface area contributed by atoms with Crippen LogP contribution in [-0.2, 0) is 29.1 Å². The summed E-state index contributed by atoms with van der Waals surface area (Å²) in [6.45, 7) is 1.83. The molecule has 0 bridgehead atoms. The number of aryl methyl sites for hydroxylation is 1. The Bertz CT molecular complexity index is 2170. The van der Waals surface area contributed by atoms with E-state index in [0.717, 1.165) is 48.1 Å². The first kappa shape index (κ1) is 38.2. The minimum atomic E-state index is 0.0681. The number of ether oxygens (including phenoxy) is 2. The molecule has 2 aromatic heterocycles. The van der Waals surface area contributed by atoms with Crippen molar-refractivity contribution in [3.63, 3.8) is 0 Å². The molecule has 2 N–H and O–H groups in total. The standard InChI is InChI=1S/C42H43Cl2N7O4/c1-54-41-33(16-6-11-27-17-19-37(52)47-27)45-21-34(49-41)31-14-7-12-29(39(31)43)30-13-8-15-32(40(30)44)35-22-46-36(42(50-35)55-2)25-51(23-26-9-4-3-5-10-26)24-28-18-20-38(53)48-28/h3-5,7-10,12-15,21-22,27-28H,6,11,16-20,23-25H2,1-2H3,(H,47,52)(H,48,53)/t27-,28+/m1/s1. The molecular formula is C42H43Cl2N7O4. The van der Waals surface area contributed by atoms with Crippen LogP contribution in [0.5, 0.6) is 11.8 Å². The number of hydrogen-bond acceptors (Lipinski definition) is 9. The molecule has 11 nitrogen and oxygen atoms in total. The topological polar surface area (TPSA) is 131 Å². The fourth-order valence-electron chi connectivity index (χ4n) is 7.31. The van der Waals surface area contributed by atoms with Crippen LogP contribution in [0.3, 0.4) is 0 Å². The Labute approximate surface area is 330 Å². The lowest BCUT2D eigenvalue weighted by molar-refractivity contribution is -0.120. The summed E-state index contributed by atoms with van der Waals surface area (Å²) in [4.78, 5) is 45.0. The molecule has 2 amide bonds. The first-order chi connectivity index (χ1) is 26.8. The molecule has 2 atom stereocenters. The van der Waals surface area contributed by atoms with Gasteiger partial charge in [-0.2, -0.15) is 0 Å². The predicted octanol–water partition coefficient (Wildman–Crippen LogP) is 7.47. The van der Waals surface area contributed by atoms with E-state index in [2.05, 4.69) is 27.7 Å². The average molecular weight is 781 g/mol. The van der Waals surface area contributed by atoms with Gasteiger partial charge in [-0.15, -0.1) is 0 Å². The molecule has 0 aliphatic carbocycles. The third-order valence-corrected chi connectivity index (χ3v) is 10.9. The molecule has 0 radical (unpaired) electrons. The molecule has 55 heavy (non-hydrogen) atoms. The van der Waals surface area contributed by atoms with Gasteiger partial charge in [0.1, 0.15) is 11.4 Å². The number of benzene rings is 3. The second kappa shape index (κ2) is 17.6. The highest BCUT2D eigenvalue weighted by molar-refractivity contribution is 6.39. The van der Waals surface area contributed by atoms with E-state index in [9.17, 15) is 9.59 Å². The zero-order chi connectivity index (χ0) is 38.3. The fraction of sp³-hybridized carbons (Fsp3) is 0.333. The molecule has 0 saturated carbocycles. The van der Waals surface area contributed by atoms with Gasteiger partial charge < -0.3 is 20.1 Å². The number of carbonyl (C=O) groups is 2. The Morgan fingerprint density at radius 1 is 0.691 bits per heavy atom. The molecule has 7 rings (SSSR count). The van der Waals surface area contributed by atoms with Crippen LogP contribution >= 0.6 is 23.2 Å². The summed E-state index contributed by atoms with van der Waals surface area (Å²) in [5, 5.41) is 7.04. The van der Waals surface area contributed by atoms with Gasteiger partial charge in [0, 0.05) is 66.8 Å². The van der Waals surface area contributed by atoms with Crippen molar-refractivity contribution in [1.29, 1.82) is 0 Å². The van der Waals surface area contributed by atoms with Crippen molar-refractivity contribution in [2.45, 2.75) is 70.1 Å². The van der Waals surface area contributed by atoms with E-state index < -0.39 is 0 Å². The van der Waals surface area contributed by atoms with Gasteiger partial charge in [0.05, 0.1) is 48.0 Å². The fourth-order valence-corrected chi connectivity index (χ4v) is 7.96. The SMILES string of the molecule is COc1nc(-c2cccc(-c3cccc(-c4cnc(CN(Cc5ccccc5)C[C@@H]5CCC(=O)N5)c(OC)n4)c3Cl)c2Cl)cnc1CCC[C@@H]1CCC(=O)N1. The van der Waals surface area contributed by atoms with Crippen molar-refractivity contribution in [3.05, 3.63) is 106 Å². The number of aromatic nitrogens is 4. The highest BCUT2D eigenvalue weighted by atomic mass is 35.5. The largest absolute Gasteiger partial charge is 0.480 e. The van der Waals surface area contributed by atoms with Gasteiger partial charge in [-0.3, -0.25) is 24.5 Å². The quantitative estimate of drug-likeness (QED) is 0.111. The second-order valence-corrected chi connectivity index (χ2v) is 14.7. The molecule has 2 aliphatic heterocycles. The number of halogens is 2. The van der Waals surface area contributed by atoms with Gasteiger partial charge in [-0.25, -0.2) is 9.97 Å². The Hall–Kier alpha value is -5.10. The van der Waals surface area contributed by atoms with E-state index in [-0.39, 0.29) is 23.9 Å². The van der Waals surface area contributed by atoms with Gasteiger partial charge in [0.15, 0.2) is 0 Å². The van der Waals surface area contributed by atoms with Crippen LogP contribution in [0.25, 0.3) is 33.6 Å². The summed E-state index contributed by atoms with van der Waals surface area (Å²) in [6.07, 6.45) is 8.64. The van der Waals surface area contributed by atoms with Crippen molar-refractivity contribution in [1.82, 2.24) is 35.5 Å².